The predicted molar refractivity (Wildman–Crippen MR) is 71.2 cm³/mol. The van der Waals surface area contributed by atoms with Gasteiger partial charge in [0.15, 0.2) is 0 Å². The molecule has 1 saturated heterocycles. The second kappa shape index (κ2) is 5.96. The minimum absolute atomic E-state index is 0.472. The van der Waals surface area contributed by atoms with Crippen molar-refractivity contribution in [2.24, 2.45) is 0 Å². The fourth-order valence-electron chi connectivity index (χ4n) is 2.33. The highest BCUT2D eigenvalue weighted by Gasteiger charge is 2.16. The fourth-order valence-corrected chi connectivity index (χ4v) is 2.33. The van der Waals surface area contributed by atoms with Crippen LogP contribution in [0.3, 0.4) is 0 Å². The number of aromatic nitrogens is 4. The molecule has 1 fully saturated rings. The molecule has 0 aromatic carbocycles. The zero-order valence-electron chi connectivity index (χ0n) is 11.4. The standard InChI is InChI=1S/C13H17N5O2/c1-19-12-7-10(15-8-16-12)13-17-11(20-18-13)5-4-9-3-2-6-14-9/h7-9,14H,2-6H2,1H3. The third-order valence-corrected chi connectivity index (χ3v) is 3.42. The first-order chi connectivity index (χ1) is 9.85. The van der Waals surface area contributed by atoms with Gasteiger partial charge in [0.05, 0.1) is 7.11 Å². The molecule has 2 aromatic rings. The lowest BCUT2D eigenvalue weighted by molar-refractivity contribution is 0.368. The molecule has 7 nitrogen and oxygen atoms in total. The van der Waals surface area contributed by atoms with Crippen LogP contribution in [0.4, 0.5) is 0 Å². The lowest BCUT2D eigenvalue weighted by Crippen LogP contribution is -2.21. The molecule has 7 heteroatoms. The zero-order chi connectivity index (χ0) is 13.8. The largest absolute Gasteiger partial charge is 0.481 e. The van der Waals surface area contributed by atoms with E-state index in [1.54, 1.807) is 13.2 Å². The summed E-state index contributed by atoms with van der Waals surface area (Å²) in [6.07, 6.45) is 5.71. The van der Waals surface area contributed by atoms with Crippen molar-refractivity contribution >= 4 is 0 Å². The molecule has 0 bridgehead atoms. The van der Waals surface area contributed by atoms with E-state index < -0.39 is 0 Å². The van der Waals surface area contributed by atoms with Crippen molar-refractivity contribution in [3.05, 3.63) is 18.3 Å². The molecular weight excluding hydrogens is 258 g/mol. The monoisotopic (exact) mass is 275 g/mol. The van der Waals surface area contributed by atoms with Crippen molar-refractivity contribution in [2.45, 2.75) is 31.7 Å². The van der Waals surface area contributed by atoms with Crippen LogP contribution in [0.5, 0.6) is 5.88 Å². The molecule has 1 aliphatic heterocycles. The maximum Gasteiger partial charge on any atom is 0.227 e. The Hall–Kier alpha value is -2.02. The second-order valence-corrected chi connectivity index (χ2v) is 4.79. The minimum atomic E-state index is 0.472. The van der Waals surface area contributed by atoms with Crippen LogP contribution < -0.4 is 10.1 Å². The number of methoxy groups -OCH3 is 1. The van der Waals surface area contributed by atoms with Crippen LogP contribution in [0.2, 0.25) is 0 Å². The number of rotatable bonds is 5. The van der Waals surface area contributed by atoms with Crippen LogP contribution in [0, 0.1) is 0 Å². The topological polar surface area (TPSA) is 86.0 Å². The third kappa shape index (κ3) is 2.93. The number of nitrogens with one attached hydrogen (secondary N) is 1. The molecule has 0 saturated carbocycles. The predicted octanol–water partition coefficient (Wildman–Crippen LogP) is 1.22. The van der Waals surface area contributed by atoms with E-state index in [-0.39, 0.29) is 0 Å². The Balaban J connectivity index is 1.66. The Bertz CT molecular complexity index is 565. The Morgan fingerprint density at radius 1 is 1.45 bits per heavy atom. The summed E-state index contributed by atoms with van der Waals surface area (Å²) < 4.78 is 10.3. The maximum atomic E-state index is 5.26. The molecule has 3 heterocycles. The normalized spacial score (nSPS) is 18.4. The number of aryl methyl sites for hydroxylation is 1. The van der Waals surface area contributed by atoms with Gasteiger partial charge in [-0.3, -0.25) is 0 Å². The first kappa shape index (κ1) is 13.0. The van der Waals surface area contributed by atoms with Crippen LogP contribution in [-0.4, -0.2) is 39.8 Å². The van der Waals surface area contributed by atoms with Gasteiger partial charge in [-0.15, -0.1) is 0 Å². The van der Waals surface area contributed by atoms with Gasteiger partial charge < -0.3 is 14.6 Å². The molecule has 1 N–H and O–H groups in total. The highest BCUT2D eigenvalue weighted by Crippen LogP contribution is 2.18. The number of hydrogen-bond donors (Lipinski definition) is 1. The van der Waals surface area contributed by atoms with E-state index >= 15 is 0 Å². The van der Waals surface area contributed by atoms with Gasteiger partial charge in [-0.25, -0.2) is 9.97 Å². The third-order valence-electron chi connectivity index (χ3n) is 3.42. The summed E-state index contributed by atoms with van der Waals surface area (Å²) in [6, 6.07) is 2.26. The summed E-state index contributed by atoms with van der Waals surface area (Å²) in [5, 5.41) is 7.41. The lowest BCUT2D eigenvalue weighted by atomic mass is 10.1. The molecule has 2 aromatic heterocycles. The van der Waals surface area contributed by atoms with Gasteiger partial charge in [0.2, 0.25) is 17.6 Å². The first-order valence-corrected chi connectivity index (χ1v) is 6.77. The summed E-state index contributed by atoms with van der Waals surface area (Å²) in [5.41, 5.74) is 0.603. The molecule has 0 amide bonds. The van der Waals surface area contributed by atoms with Gasteiger partial charge in [-0.05, 0) is 25.8 Å². The van der Waals surface area contributed by atoms with Crippen LogP contribution in [0.25, 0.3) is 11.5 Å². The summed E-state index contributed by atoms with van der Waals surface area (Å²) >= 11 is 0. The second-order valence-electron chi connectivity index (χ2n) is 4.79. The number of nitrogens with zero attached hydrogens (tertiary/aromatic N) is 4. The van der Waals surface area contributed by atoms with Gasteiger partial charge in [0, 0.05) is 18.5 Å². The van der Waals surface area contributed by atoms with Crippen LogP contribution in [-0.2, 0) is 6.42 Å². The molecule has 106 valence electrons. The highest BCUT2D eigenvalue weighted by atomic mass is 16.5. The summed E-state index contributed by atoms with van der Waals surface area (Å²) in [7, 11) is 1.56. The quantitative estimate of drug-likeness (QED) is 0.877. The SMILES string of the molecule is COc1cc(-c2noc(CCC3CCCN3)n2)ncn1. The summed E-state index contributed by atoms with van der Waals surface area (Å²) in [4.78, 5) is 12.4. The van der Waals surface area contributed by atoms with Gasteiger partial charge >= 0.3 is 0 Å². The molecule has 3 rings (SSSR count). The van der Waals surface area contributed by atoms with E-state index in [1.807, 2.05) is 0 Å². The lowest BCUT2D eigenvalue weighted by Gasteiger charge is -2.06. The first-order valence-electron chi connectivity index (χ1n) is 6.77. The van der Waals surface area contributed by atoms with E-state index in [4.69, 9.17) is 9.26 Å². The highest BCUT2D eigenvalue weighted by molar-refractivity contribution is 5.49. The minimum Gasteiger partial charge on any atom is -0.481 e. The average molecular weight is 275 g/mol. The molecule has 20 heavy (non-hydrogen) atoms. The number of hydrogen-bond acceptors (Lipinski definition) is 7. The van der Waals surface area contributed by atoms with E-state index in [0.717, 1.165) is 19.4 Å². The Morgan fingerprint density at radius 2 is 2.40 bits per heavy atom. The molecule has 0 aliphatic carbocycles. The van der Waals surface area contributed by atoms with Gasteiger partial charge in [0.1, 0.15) is 12.0 Å². The van der Waals surface area contributed by atoms with E-state index in [1.165, 1.54) is 19.2 Å². The Labute approximate surface area is 116 Å². The van der Waals surface area contributed by atoms with Gasteiger partial charge in [0.25, 0.3) is 0 Å². The van der Waals surface area contributed by atoms with Crippen molar-refractivity contribution in [1.82, 2.24) is 25.4 Å². The summed E-state index contributed by atoms with van der Waals surface area (Å²) in [5.74, 6) is 1.60. The molecule has 1 aliphatic rings. The average Bonchev–Trinajstić information content (AvgIpc) is 3.16. The van der Waals surface area contributed by atoms with Crippen LogP contribution in [0.15, 0.2) is 16.9 Å². The Kier molecular flexibility index (Phi) is 3.87. The molecule has 0 radical (unpaired) electrons. The van der Waals surface area contributed by atoms with Crippen molar-refractivity contribution < 1.29 is 9.26 Å². The fraction of sp³-hybridized carbons (Fsp3) is 0.538. The van der Waals surface area contributed by atoms with Crippen molar-refractivity contribution in [3.8, 4) is 17.4 Å². The molecular formula is C13H17N5O2. The van der Waals surface area contributed by atoms with Crippen molar-refractivity contribution in [2.75, 3.05) is 13.7 Å². The number of ether oxygens (including phenoxy) is 1. The van der Waals surface area contributed by atoms with E-state index in [0.29, 0.717) is 29.3 Å². The molecule has 0 spiro atoms. The molecule has 1 atom stereocenters. The van der Waals surface area contributed by atoms with Crippen LogP contribution in [0.1, 0.15) is 25.2 Å². The van der Waals surface area contributed by atoms with Crippen LogP contribution >= 0.6 is 0 Å². The van der Waals surface area contributed by atoms with Gasteiger partial charge in [-0.1, -0.05) is 5.16 Å². The zero-order valence-corrected chi connectivity index (χ0v) is 11.4. The molecule has 1 unspecified atom stereocenters. The smallest absolute Gasteiger partial charge is 0.227 e. The summed E-state index contributed by atoms with van der Waals surface area (Å²) in [6.45, 7) is 1.11. The van der Waals surface area contributed by atoms with Gasteiger partial charge in [-0.2, -0.15) is 4.98 Å². The Morgan fingerprint density at radius 3 is 3.20 bits per heavy atom. The maximum absolute atomic E-state index is 5.26. The van der Waals surface area contributed by atoms with Crippen molar-refractivity contribution in [3.63, 3.8) is 0 Å². The van der Waals surface area contributed by atoms with E-state index in [2.05, 4.69) is 25.4 Å². The van der Waals surface area contributed by atoms with Crippen molar-refractivity contribution in [1.29, 1.82) is 0 Å². The van der Waals surface area contributed by atoms with E-state index in [9.17, 15) is 0 Å².